The molecule has 2 heterocycles. The lowest BCUT2D eigenvalue weighted by Gasteiger charge is -2.09. The molecule has 1 N–H and O–H groups in total. The zero-order valence-electron chi connectivity index (χ0n) is 16.7. The molecule has 0 fully saturated rings. The predicted molar refractivity (Wildman–Crippen MR) is 119 cm³/mol. The molecule has 0 bridgehead atoms. The van der Waals surface area contributed by atoms with Gasteiger partial charge in [0.25, 0.3) is 5.91 Å². The number of ether oxygens (including phenoxy) is 2. The zero-order valence-corrected chi connectivity index (χ0v) is 18.3. The van der Waals surface area contributed by atoms with Gasteiger partial charge in [-0.3, -0.25) is 9.48 Å². The van der Waals surface area contributed by atoms with Crippen molar-refractivity contribution in [1.29, 1.82) is 0 Å². The first kappa shape index (κ1) is 20.7. The number of benzene rings is 2. The van der Waals surface area contributed by atoms with Crippen molar-refractivity contribution in [2.75, 3.05) is 12.4 Å². The molecular weight excluding hydrogens is 462 g/mol. The normalized spacial score (nSPS) is 10.6. The second-order valence-corrected chi connectivity index (χ2v) is 7.63. The summed E-state index contributed by atoms with van der Waals surface area (Å²) in [5.74, 6) is 1.65. The van der Waals surface area contributed by atoms with Gasteiger partial charge in [-0.1, -0.05) is 24.3 Å². The number of hydrogen-bond donors (Lipinski definition) is 1. The van der Waals surface area contributed by atoms with Crippen LogP contribution in [0.4, 0.5) is 5.69 Å². The van der Waals surface area contributed by atoms with E-state index in [0.717, 1.165) is 10.0 Å². The molecule has 7 nitrogen and oxygen atoms in total. The molecule has 0 unspecified atom stereocenters. The van der Waals surface area contributed by atoms with Gasteiger partial charge >= 0.3 is 0 Å². The fourth-order valence-electron chi connectivity index (χ4n) is 3.02. The van der Waals surface area contributed by atoms with E-state index in [1.165, 1.54) is 0 Å². The Morgan fingerprint density at radius 3 is 2.74 bits per heavy atom. The Balaban J connectivity index is 1.37. The molecular formula is C23H20BrN3O4. The highest BCUT2D eigenvalue weighted by atomic mass is 79.9. The monoisotopic (exact) mass is 481 g/mol. The summed E-state index contributed by atoms with van der Waals surface area (Å²) in [5.41, 5.74) is 1.69. The molecule has 2 aromatic carbocycles. The molecule has 2 aromatic heterocycles. The molecule has 0 aliphatic rings. The Bertz CT molecular complexity index is 1180. The predicted octanol–water partition coefficient (Wildman–Crippen LogP) is 5.13. The largest absolute Gasteiger partial charge is 0.493 e. The van der Waals surface area contributed by atoms with E-state index in [2.05, 4.69) is 26.3 Å². The molecule has 0 atom stereocenters. The van der Waals surface area contributed by atoms with E-state index >= 15 is 0 Å². The van der Waals surface area contributed by atoms with E-state index in [0.29, 0.717) is 29.5 Å². The number of para-hydroxylation sites is 2. The van der Waals surface area contributed by atoms with Gasteiger partial charge in [0.05, 0.1) is 24.3 Å². The van der Waals surface area contributed by atoms with Crippen molar-refractivity contribution < 1.29 is 18.7 Å². The zero-order chi connectivity index (χ0) is 21.6. The number of nitrogens with one attached hydrogen (secondary N) is 1. The van der Waals surface area contributed by atoms with Crippen LogP contribution in [-0.4, -0.2) is 22.8 Å². The molecule has 0 aliphatic carbocycles. The van der Waals surface area contributed by atoms with Crippen molar-refractivity contribution in [3.63, 3.8) is 0 Å². The van der Waals surface area contributed by atoms with Crippen LogP contribution in [0, 0.1) is 0 Å². The first-order chi connectivity index (χ1) is 15.1. The Morgan fingerprint density at radius 1 is 1.13 bits per heavy atom. The maximum Gasteiger partial charge on any atom is 0.291 e. The molecule has 4 rings (SSSR count). The van der Waals surface area contributed by atoms with Crippen molar-refractivity contribution in [3.05, 3.63) is 94.6 Å². The van der Waals surface area contributed by atoms with E-state index in [1.807, 2.05) is 59.4 Å². The number of hydrogen-bond acceptors (Lipinski definition) is 5. The highest BCUT2D eigenvalue weighted by Gasteiger charge is 2.13. The van der Waals surface area contributed by atoms with Gasteiger partial charge in [-0.05, 0) is 57.9 Å². The van der Waals surface area contributed by atoms with Crippen LogP contribution in [0.1, 0.15) is 21.9 Å². The quantitative estimate of drug-likeness (QED) is 0.377. The fourth-order valence-corrected chi connectivity index (χ4v) is 3.34. The molecule has 8 heteroatoms. The van der Waals surface area contributed by atoms with Crippen LogP contribution in [0.3, 0.4) is 0 Å². The van der Waals surface area contributed by atoms with Gasteiger partial charge in [0.15, 0.2) is 17.3 Å². The van der Waals surface area contributed by atoms with E-state index in [4.69, 9.17) is 13.9 Å². The summed E-state index contributed by atoms with van der Waals surface area (Å²) in [7, 11) is 1.58. The number of nitrogens with zero attached hydrogens (tertiary/aromatic N) is 2. The van der Waals surface area contributed by atoms with Gasteiger partial charge < -0.3 is 19.2 Å². The Morgan fingerprint density at radius 2 is 1.97 bits per heavy atom. The minimum Gasteiger partial charge on any atom is -0.493 e. The summed E-state index contributed by atoms with van der Waals surface area (Å²) >= 11 is 3.39. The van der Waals surface area contributed by atoms with Gasteiger partial charge in [0.1, 0.15) is 12.4 Å². The summed E-state index contributed by atoms with van der Waals surface area (Å²) in [6, 6.07) is 18.3. The van der Waals surface area contributed by atoms with Gasteiger partial charge in [-0.2, -0.15) is 5.10 Å². The van der Waals surface area contributed by atoms with Crippen molar-refractivity contribution in [1.82, 2.24) is 9.78 Å². The van der Waals surface area contributed by atoms with Crippen LogP contribution in [0.25, 0.3) is 0 Å². The van der Waals surface area contributed by atoms with Crippen molar-refractivity contribution in [2.24, 2.45) is 0 Å². The first-order valence-electron chi connectivity index (χ1n) is 9.53. The summed E-state index contributed by atoms with van der Waals surface area (Å²) in [4.78, 5) is 12.6. The molecule has 4 aromatic rings. The van der Waals surface area contributed by atoms with Gasteiger partial charge in [-0.15, -0.1) is 0 Å². The summed E-state index contributed by atoms with van der Waals surface area (Å²) in [6.45, 7) is 0.781. The molecule has 31 heavy (non-hydrogen) atoms. The van der Waals surface area contributed by atoms with Crippen molar-refractivity contribution >= 4 is 27.5 Å². The van der Waals surface area contributed by atoms with Crippen LogP contribution >= 0.6 is 15.9 Å². The fraction of sp³-hybridized carbons (Fsp3) is 0.130. The Labute approximate surface area is 187 Å². The second kappa shape index (κ2) is 9.53. The lowest BCUT2D eigenvalue weighted by Crippen LogP contribution is -2.11. The maximum absolute atomic E-state index is 12.6. The lowest BCUT2D eigenvalue weighted by molar-refractivity contribution is 0.0992. The number of carbonyl (C=O) groups excluding carboxylic acids is 1. The molecule has 1 amide bonds. The van der Waals surface area contributed by atoms with Gasteiger partial charge in [0, 0.05) is 11.9 Å². The topological polar surface area (TPSA) is 78.5 Å². The molecule has 0 aliphatic heterocycles. The van der Waals surface area contributed by atoms with Gasteiger partial charge in [0.2, 0.25) is 0 Å². The minimum absolute atomic E-state index is 0.183. The number of rotatable bonds is 8. The van der Waals surface area contributed by atoms with E-state index < -0.39 is 0 Å². The minimum atomic E-state index is -0.331. The number of carbonyl (C=O) groups is 1. The van der Waals surface area contributed by atoms with E-state index in [1.54, 1.807) is 25.4 Å². The van der Waals surface area contributed by atoms with Crippen LogP contribution < -0.4 is 14.8 Å². The van der Waals surface area contributed by atoms with Gasteiger partial charge in [-0.25, -0.2) is 0 Å². The van der Waals surface area contributed by atoms with Crippen LogP contribution in [0.2, 0.25) is 0 Å². The second-order valence-electron chi connectivity index (χ2n) is 6.72. The number of anilines is 1. The van der Waals surface area contributed by atoms with E-state index in [9.17, 15) is 4.79 Å². The van der Waals surface area contributed by atoms with Crippen LogP contribution in [0.15, 0.2) is 81.9 Å². The number of methoxy groups -OCH3 is 1. The van der Waals surface area contributed by atoms with Crippen molar-refractivity contribution in [3.8, 4) is 11.5 Å². The number of amides is 1. The first-order valence-corrected chi connectivity index (χ1v) is 10.3. The molecule has 0 spiro atoms. The molecule has 158 valence electrons. The van der Waals surface area contributed by atoms with Crippen molar-refractivity contribution in [2.45, 2.75) is 13.2 Å². The smallest absolute Gasteiger partial charge is 0.291 e. The summed E-state index contributed by atoms with van der Waals surface area (Å²) in [5, 5.41) is 7.11. The SMILES string of the molecule is COc1ccccc1OCc1ccc(C(=O)Nc2cccc(Cn3cc(Br)cn3)c2)o1. The highest BCUT2D eigenvalue weighted by Crippen LogP contribution is 2.27. The number of furan rings is 1. The van der Waals surface area contributed by atoms with Crippen LogP contribution in [0.5, 0.6) is 11.5 Å². The average Bonchev–Trinajstić information content (AvgIpc) is 3.42. The average molecular weight is 482 g/mol. The Kier molecular flexibility index (Phi) is 6.37. The van der Waals surface area contributed by atoms with E-state index in [-0.39, 0.29) is 18.3 Å². The third-order valence-electron chi connectivity index (χ3n) is 4.46. The molecule has 0 radical (unpaired) electrons. The maximum atomic E-state index is 12.6. The molecule has 0 saturated carbocycles. The summed E-state index contributed by atoms with van der Waals surface area (Å²) < 4.78 is 19.4. The highest BCUT2D eigenvalue weighted by molar-refractivity contribution is 9.10. The third kappa shape index (κ3) is 5.35. The lowest BCUT2D eigenvalue weighted by atomic mass is 10.2. The van der Waals surface area contributed by atoms with Crippen LogP contribution in [-0.2, 0) is 13.2 Å². The number of aromatic nitrogens is 2. The third-order valence-corrected chi connectivity index (χ3v) is 4.87. The summed E-state index contributed by atoms with van der Waals surface area (Å²) in [6.07, 6.45) is 3.63. The number of halogens is 1. The molecule has 0 saturated heterocycles. The standard InChI is InChI=1S/C23H20BrN3O4/c1-29-20-7-2-3-8-21(20)30-15-19-9-10-22(31-19)23(28)26-18-6-4-5-16(11-18)13-27-14-17(24)12-25-27/h2-12,14H,13,15H2,1H3,(H,26,28). The Hall–Kier alpha value is -3.52.